The molecule has 3 aromatic rings. The van der Waals surface area contributed by atoms with Crippen LogP contribution in [0.1, 0.15) is 50.3 Å². The normalized spacial score (nSPS) is 14.6. The summed E-state index contributed by atoms with van der Waals surface area (Å²) in [5.41, 5.74) is 3.15. The number of fused-ring (bicyclic) bond motifs is 1. The molecular weight excluding hydrogens is 584 g/mol. The van der Waals surface area contributed by atoms with Crippen LogP contribution in [-0.4, -0.2) is 106 Å². The number of carbonyl (C=O) groups excluding carboxylic acids is 2. The maximum absolute atomic E-state index is 12.8. The second kappa shape index (κ2) is 17.2. The molecule has 4 rings (SSSR count). The van der Waals surface area contributed by atoms with Crippen molar-refractivity contribution in [1.82, 2.24) is 39.8 Å². The van der Waals surface area contributed by atoms with Crippen LogP contribution in [0.15, 0.2) is 30.6 Å². The van der Waals surface area contributed by atoms with Gasteiger partial charge in [0.1, 0.15) is 11.9 Å². The first-order valence-corrected chi connectivity index (χ1v) is 15.9. The average Bonchev–Trinajstić information content (AvgIpc) is 3.66. The molecule has 0 bridgehead atoms. The highest BCUT2D eigenvalue weighted by Crippen LogP contribution is 2.23. The van der Waals surface area contributed by atoms with E-state index in [1.165, 1.54) is 0 Å². The molecule has 1 saturated heterocycles. The SMILES string of the molecule is CCCNc1nc(Nc2cnc3c(c2)c(C)nn3CCOC)ncc1C#CCCCNC(=O)[C@@H]1CCCN1C(=O)/C=C/CN(C)C. The third-order valence-corrected chi connectivity index (χ3v) is 7.44. The average molecular weight is 631 g/mol. The van der Waals surface area contributed by atoms with E-state index in [0.29, 0.717) is 69.4 Å². The number of nitrogens with zero attached hydrogens (tertiary/aromatic N) is 7. The van der Waals surface area contributed by atoms with Gasteiger partial charge in [0.15, 0.2) is 5.65 Å². The number of aryl methyl sites for hydroxylation is 1. The van der Waals surface area contributed by atoms with Crippen LogP contribution in [0.2, 0.25) is 0 Å². The zero-order valence-corrected chi connectivity index (χ0v) is 27.6. The summed E-state index contributed by atoms with van der Waals surface area (Å²) in [7, 11) is 5.55. The Labute approximate surface area is 271 Å². The molecule has 3 aromatic heterocycles. The number of aromatic nitrogens is 5. The second-order valence-corrected chi connectivity index (χ2v) is 11.5. The highest BCUT2D eigenvalue weighted by molar-refractivity contribution is 5.93. The van der Waals surface area contributed by atoms with Crippen molar-refractivity contribution in [2.45, 2.75) is 58.5 Å². The van der Waals surface area contributed by atoms with Gasteiger partial charge >= 0.3 is 0 Å². The summed E-state index contributed by atoms with van der Waals surface area (Å²) in [6, 6.07) is 1.58. The van der Waals surface area contributed by atoms with Gasteiger partial charge in [-0.05, 0) is 52.8 Å². The third-order valence-electron chi connectivity index (χ3n) is 7.44. The van der Waals surface area contributed by atoms with Gasteiger partial charge in [0.05, 0.1) is 42.5 Å². The topological polar surface area (TPSA) is 142 Å². The zero-order chi connectivity index (χ0) is 32.9. The summed E-state index contributed by atoms with van der Waals surface area (Å²) in [6.07, 6.45) is 10.6. The van der Waals surface area contributed by atoms with E-state index in [1.807, 2.05) is 42.7 Å². The van der Waals surface area contributed by atoms with Crippen molar-refractivity contribution in [2.75, 3.05) is 64.6 Å². The van der Waals surface area contributed by atoms with Crippen molar-refractivity contribution < 1.29 is 14.3 Å². The van der Waals surface area contributed by atoms with Gasteiger partial charge in [0.2, 0.25) is 17.8 Å². The van der Waals surface area contributed by atoms with Gasteiger partial charge in [-0.25, -0.2) is 14.6 Å². The first-order chi connectivity index (χ1) is 22.3. The van der Waals surface area contributed by atoms with Crippen LogP contribution in [0.25, 0.3) is 11.0 Å². The lowest BCUT2D eigenvalue weighted by molar-refractivity contribution is -0.135. The highest BCUT2D eigenvalue weighted by Gasteiger charge is 2.32. The molecule has 0 spiro atoms. The van der Waals surface area contributed by atoms with E-state index in [1.54, 1.807) is 30.5 Å². The molecule has 0 unspecified atom stereocenters. The number of carbonyl (C=O) groups is 2. The molecule has 3 N–H and O–H groups in total. The molecular formula is C33H46N10O3. The number of anilines is 3. The van der Waals surface area contributed by atoms with E-state index in [-0.39, 0.29) is 11.8 Å². The fraction of sp³-hybridized carbons (Fsp3) is 0.515. The van der Waals surface area contributed by atoms with Crippen LogP contribution >= 0.6 is 0 Å². The number of likely N-dealkylation sites (N-methyl/N-ethyl adjacent to an activating group) is 1. The summed E-state index contributed by atoms with van der Waals surface area (Å²) in [4.78, 5) is 42.8. The van der Waals surface area contributed by atoms with E-state index in [2.05, 4.69) is 54.8 Å². The Hall–Kier alpha value is -4.54. The number of hydrogen-bond acceptors (Lipinski definition) is 10. The lowest BCUT2D eigenvalue weighted by atomic mass is 10.2. The number of pyridine rings is 1. The molecule has 0 aliphatic carbocycles. The molecule has 246 valence electrons. The monoisotopic (exact) mass is 630 g/mol. The van der Waals surface area contributed by atoms with E-state index < -0.39 is 6.04 Å². The van der Waals surface area contributed by atoms with Crippen molar-refractivity contribution in [2.24, 2.45) is 0 Å². The molecule has 0 saturated carbocycles. The van der Waals surface area contributed by atoms with E-state index in [4.69, 9.17) is 4.74 Å². The Balaban J connectivity index is 1.31. The van der Waals surface area contributed by atoms with Crippen LogP contribution in [0.4, 0.5) is 17.5 Å². The van der Waals surface area contributed by atoms with Crippen LogP contribution in [0, 0.1) is 18.8 Å². The Morgan fingerprint density at radius 3 is 2.85 bits per heavy atom. The Morgan fingerprint density at radius 2 is 2.07 bits per heavy atom. The summed E-state index contributed by atoms with van der Waals surface area (Å²) in [5.74, 6) is 7.24. The lowest BCUT2D eigenvalue weighted by Gasteiger charge is -2.22. The minimum absolute atomic E-state index is 0.105. The number of amides is 2. The first-order valence-electron chi connectivity index (χ1n) is 15.9. The standard InChI is InChI=1S/C33H46N10O3/c1-6-15-34-30-25(12-8-7-9-16-35-32(45)28-13-10-18-42(28)29(44)14-11-17-41(3)4)22-37-33(39-30)38-26-21-27-24(2)40-43(19-20-46-5)31(27)36-23-26/h11,14,21-23,28H,6-7,9-10,13,15-20H2,1-5H3,(H,35,45)(H2,34,37,38,39)/b14-11+/t28-/m0/s1. The maximum atomic E-state index is 12.8. The number of ether oxygens (including phenoxy) is 1. The van der Waals surface area contributed by atoms with Crippen molar-refractivity contribution in [3.8, 4) is 11.8 Å². The van der Waals surface area contributed by atoms with Crippen molar-refractivity contribution >= 4 is 40.3 Å². The minimum atomic E-state index is -0.417. The molecule has 2 amide bonds. The Morgan fingerprint density at radius 1 is 1.22 bits per heavy atom. The van der Waals surface area contributed by atoms with Crippen molar-refractivity contribution in [1.29, 1.82) is 0 Å². The number of nitrogens with one attached hydrogen (secondary N) is 3. The molecule has 1 atom stereocenters. The molecule has 1 aliphatic heterocycles. The van der Waals surface area contributed by atoms with Crippen LogP contribution in [0.3, 0.4) is 0 Å². The van der Waals surface area contributed by atoms with E-state index >= 15 is 0 Å². The highest BCUT2D eigenvalue weighted by atomic mass is 16.5. The molecule has 0 aromatic carbocycles. The summed E-state index contributed by atoms with van der Waals surface area (Å²) in [6.45, 7) is 7.76. The van der Waals surface area contributed by atoms with Gasteiger partial charge in [0.25, 0.3) is 0 Å². The van der Waals surface area contributed by atoms with Crippen LogP contribution in [0.5, 0.6) is 0 Å². The quantitative estimate of drug-likeness (QED) is 0.130. The summed E-state index contributed by atoms with van der Waals surface area (Å²) in [5, 5.41) is 15.1. The van der Waals surface area contributed by atoms with Crippen LogP contribution < -0.4 is 16.0 Å². The molecule has 4 heterocycles. The second-order valence-electron chi connectivity index (χ2n) is 11.5. The third kappa shape index (κ3) is 9.48. The molecule has 1 fully saturated rings. The molecule has 1 aliphatic rings. The predicted octanol–water partition coefficient (Wildman–Crippen LogP) is 3.10. The van der Waals surface area contributed by atoms with E-state index in [0.717, 1.165) is 41.8 Å². The Kier molecular flexibility index (Phi) is 12.9. The first kappa shape index (κ1) is 34.3. The van der Waals surface area contributed by atoms with Gasteiger partial charge in [-0.2, -0.15) is 10.1 Å². The number of methoxy groups -OCH3 is 1. The molecule has 0 radical (unpaired) electrons. The fourth-order valence-corrected chi connectivity index (χ4v) is 5.08. The van der Waals surface area contributed by atoms with Gasteiger partial charge in [-0.15, -0.1) is 0 Å². The fourth-order valence-electron chi connectivity index (χ4n) is 5.08. The lowest BCUT2D eigenvalue weighted by Crippen LogP contribution is -2.45. The number of unbranched alkanes of at least 4 members (excludes halogenated alkanes) is 1. The minimum Gasteiger partial charge on any atom is -0.383 e. The molecule has 46 heavy (non-hydrogen) atoms. The van der Waals surface area contributed by atoms with Gasteiger partial charge in [-0.3, -0.25) is 9.59 Å². The summed E-state index contributed by atoms with van der Waals surface area (Å²) < 4.78 is 7.03. The smallest absolute Gasteiger partial charge is 0.246 e. The van der Waals surface area contributed by atoms with Gasteiger partial charge < -0.3 is 30.5 Å². The van der Waals surface area contributed by atoms with Crippen molar-refractivity contribution in [3.05, 3.63) is 41.9 Å². The van der Waals surface area contributed by atoms with E-state index in [9.17, 15) is 9.59 Å². The largest absolute Gasteiger partial charge is 0.383 e. The number of hydrogen-bond donors (Lipinski definition) is 3. The maximum Gasteiger partial charge on any atom is 0.246 e. The molecule has 13 heteroatoms. The van der Waals surface area contributed by atoms with Gasteiger partial charge in [0, 0.05) is 51.2 Å². The van der Waals surface area contributed by atoms with Gasteiger partial charge in [-0.1, -0.05) is 24.8 Å². The van der Waals surface area contributed by atoms with Crippen molar-refractivity contribution in [3.63, 3.8) is 0 Å². The molecule has 13 nitrogen and oxygen atoms in total. The number of rotatable bonds is 15. The van der Waals surface area contributed by atoms with Crippen LogP contribution in [-0.2, 0) is 20.9 Å². The summed E-state index contributed by atoms with van der Waals surface area (Å²) >= 11 is 0. The zero-order valence-electron chi connectivity index (χ0n) is 27.6. The predicted molar refractivity (Wildman–Crippen MR) is 180 cm³/mol. The number of likely N-dealkylation sites (tertiary alicyclic amines) is 1. The Bertz CT molecular complexity index is 1570.